The van der Waals surface area contributed by atoms with Gasteiger partial charge in [-0.3, -0.25) is 0 Å². The van der Waals surface area contributed by atoms with Crippen LogP contribution >= 0.6 is 0 Å². The fraction of sp³-hybridized carbons (Fsp3) is 0.400. The van der Waals surface area contributed by atoms with Crippen LogP contribution < -0.4 is 0 Å². The van der Waals surface area contributed by atoms with E-state index < -0.39 is 5.97 Å². The largest absolute Gasteiger partial charge is 0.478 e. The number of hydrogen-bond donors (Lipinski definition) is 1. The molecule has 1 rings (SSSR count). The number of aliphatic carboxylic acids is 1. The number of rotatable bonds is 6. The summed E-state index contributed by atoms with van der Waals surface area (Å²) < 4.78 is 19.3. The van der Waals surface area contributed by atoms with Crippen molar-refractivity contribution in [3.05, 3.63) is 41.2 Å². The second-order valence-electron chi connectivity index (χ2n) is 4.78. The predicted molar refractivity (Wildman–Crippen MR) is 72.2 cm³/mol. The van der Waals surface area contributed by atoms with Crippen LogP contribution in [-0.4, -0.2) is 17.2 Å². The van der Waals surface area contributed by atoms with E-state index in [2.05, 4.69) is 0 Å². The summed E-state index contributed by atoms with van der Waals surface area (Å²) in [5.41, 5.74) is 0.987. The summed E-state index contributed by atoms with van der Waals surface area (Å²) in [4.78, 5) is 10.4. The summed E-state index contributed by atoms with van der Waals surface area (Å²) in [5.74, 6) is -1.07. The zero-order valence-corrected chi connectivity index (χ0v) is 11.4. The first-order valence-electron chi connectivity index (χ1n) is 6.21. The van der Waals surface area contributed by atoms with Crippen LogP contribution in [-0.2, 0) is 16.1 Å². The molecule has 4 heteroatoms. The van der Waals surface area contributed by atoms with Crippen molar-refractivity contribution in [3.63, 3.8) is 0 Å². The van der Waals surface area contributed by atoms with Crippen LogP contribution in [0.15, 0.2) is 24.3 Å². The highest BCUT2D eigenvalue weighted by atomic mass is 19.1. The van der Waals surface area contributed by atoms with E-state index in [-0.39, 0.29) is 18.5 Å². The van der Waals surface area contributed by atoms with Crippen LogP contribution in [0.25, 0.3) is 6.08 Å². The lowest BCUT2D eigenvalue weighted by Gasteiger charge is -2.16. The minimum atomic E-state index is -1.06. The Kier molecular flexibility index (Phi) is 5.70. The third-order valence-electron chi connectivity index (χ3n) is 2.94. The van der Waals surface area contributed by atoms with Crippen molar-refractivity contribution in [2.24, 2.45) is 5.92 Å². The zero-order valence-electron chi connectivity index (χ0n) is 11.4. The zero-order chi connectivity index (χ0) is 14.4. The van der Waals surface area contributed by atoms with Crippen molar-refractivity contribution in [1.82, 2.24) is 0 Å². The SMILES string of the molecule is CC(C)C(C)OCc1ccc(C=CC(=O)O)cc1F. The highest BCUT2D eigenvalue weighted by Crippen LogP contribution is 2.15. The van der Waals surface area contributed by atoms with E-state index in [0.717, 1.165) is 6.08 Å². The fourth-order valence-corrected chi connectivity index (χ4v) is 1.37. The molecule has 0 saturated carbocycles. The van der Waals surface area contributed by atoms with E-state index >= 15 is 0 Å². The number of carboxylic acids is 1. The molecule has 0 aliphatic heterocycles. The van der Waals surface area contributed by atoms with E-state index in [1.165, 1.54) is 12.1 Å². The summed E-state index contributed by atoms with van der Waals surface area (Å²) in [6.45, 7) is 6.25. The molecule has 0 heterocycles. The van der Waals surface area contributed by atoms with Gasteiger partial charge in [0.15, 0.2) is 0 Å². The maximum Gasteiger partial charge on any atom is 0.328 e. The van der Waals surface area contributed by atoms with Gasteiger partial charge in [-0.2, -0.15) is 0 Å². The molecule has 104 valence electrons. The van der Waals surface area contributed by atoms with Gasteiger partial charge in [0.2, 0.25) is 0 Å². The first-order chi connectivity index (χ1) is 8.90. The highest BCUT2D eigenvalue weighted by molar-refractivity contribution is 5.85. The second-order valence-corrected chi connectivity index (χ2v) is 4.78. The number of carbonyl (C=O) groups is 1. The number of carboxylic acid groups (broad SMARTS) is 1. The maximum atomic E-state index is 13.8. The van der Waals surface area contributed by atoms with Crippen LogP contribution in [0.4, 0.5) is 4.39 Å². The van der Waals surface area contributed by atoms with Crippen molar-refractivity contribution in [2.75, 3.05) is 0 Å². The Morgan fingerprint density at radius 2 is 2.11 bits per heavy atom. The van der Waals surface area contributed by atoms with Crippen molar-refractivity contribution < 1.29 is 19.0 Å². The molecule has 0 spiro atoms. The van der Waals surface area contributed by atoms with Crippen LogP contribution in [0.1, 0.15) is 31.9 Å². The Hall–Kier alpha value is -1.68. The van der Waals surface area contributed by atoms with E-state index in [4.69, 9.17) is 9.84 Å². The lowest BCUT2D eigenvalue weighted by Crippen LogP contribution is -2.15. The fourth-order valence-electron chi connectivity index (χ4n) is 1.37. The molecule has 1 N–H and O–H groups in total. The maximum absolute atomic E-state index is 13.8. The van der Waals surface area contributed by atoms with E-state index in [1.807, 2.05) is 20.8 Å². The van der Waals surface area contributed by atoms with Crippen molar-refractivity contribution in [3.8, 4) is 0 Å². The summed E-state index contributed by atoms with van der Waals surface area (Å²) >= 11 is 0. The van der Waals surface area contributed by atoms with E-state index in [9.17, 15) is 9.18 Å². The lowest BCUT2D eigenvalue weighted by atomic mass is 10.1. The van der Waals surface area contributed by atoms with Gasteiger partial charge in [-0.25, -0.2) is 9.18 Å². The van der Waals surface area contributed by atoms with Gasteiger partial charge in [0.05, 0.1) is 12.7 Å². The summed E-state index contributed by atoms with van der Waals surface area (Å²) in [7, 11) is 0. The first kappa shape index (κ1) is 15.4. The molecule has 0 amide bonds. The Balaban J connectivity index is 2.69. The Bertz CT molecular complexity index is 466. The second kappa shape index (κ2) is 7.04. The molecule has 1 aromatic rings. The molecule has 0 aliphatic carbocycles. The molecule has 0 radical (unpaired) electrons. The molecule has 1 atom stereocenters. The lowest BCUT2D eigenvalue weighted by molar-refractivity contribution is -0.131. The minimum Gasteiger partial charge on any atom is -0.478 e. The summed E-state index contributed by atoms with van der Waals surface area (Å²) in [6, 6.07) is 4.59. The van der Waals surface area contributed by atoms with Crippen LogP contribution in [0.3, 0.4) is 0 Å². The monoisotopic (exact) mass is 266 g/mol. The molecule has 0 bridgehead atoms. The van der Waals surface area contributed by atoms with Gasteiger partial charge in [-0.15, -0.1) is 0 Å². The molecule has 0 saturated heterocycles. The molecule has 19 heavy (non-hydrogen) atoms. The van der Waals surface area contributed by atoms with Gasteiger partial charge >= 0.3 is 5.97 Å². The molecular weight excluding hydrogens is 247 g/mol. The first-order valence-corrected chi connectivity index (χ1v) is 6.21. The van der Waals surface area contributed by atoms with Gasteiger partial charge in [-0.05, 0) is 30.5 Å². The molecule has 0 aromatic heterocycles. The summed E-state index contributed by atoms with van der Waals surface area (Å²) in [5, 5.41) is 8.50. The van der Waals surface area contributed by atoms with Crippen molar-refractivity contribution >= 4 is 12.0 Å². The molecular formula is C15H19FO3. The number of hydrogen-bond acceptors (Lipinski definition) is 2. The van der Waals surface area contributed by atoms with Crippen LogP contribution in [0, 0.1) is 11.7 Å². The quantitative estimate of drug-likeness (QED) is 0.802. The topological polar surface area (TPSA) is 46.5 Å². The third-order valence-corrected chi connectivity index (χ3v) is 2.94. The van der Waals surface area contributed by atoms with Crippen molar-refractivity contribution in [2.45, 2.75) is 33.5 Å². The average molecular weight is 266 g/mol. The van der Waals surface area contributed by atoms with Gasteiger partial charge in [-0.1, -0.05) is 26.0 Å². The molecule has 0 fully saturated rings. The number of halogens is 1. The molecule has 0 aliphatic rings. The average Bonchev–Trinajstić information content (AvgIpc) is 2.34. The molecule has 1 unspecified atom stereocenters. The van der Waals surface area contributed by atoms with Crippen LogP contribution in [0.5, 0.6) is 0 Å². The predicted octanol–water partition coefficient (Wildman–Crippen LogP) is 3.48. The Labute approximate surface area is 112 Å². The molecule has 3 nitrogen and oxygen atoms in total. The van der Waals surface area contributed by atoms with Crippen molar-refractivity contribution in [1.29, 1.82) is 0 Å². The third kappa shape index (κ3) is 5.22. The molecule has 1 aromatic carbocycles. The summed E-state index contributed by atoms with van der Waals surface area (Å²) in [6.07, 6.45) is 2.39. The van der Waals surface area contributed by atoms with Gasteiger partial charge in [0.25, 0.3) is 0 Å². The number of benzene rings is 1. The van der Waals surface area contributed by atoms with Gasteiger partial charge < -0.3 is 9.84 Å². The Morgan fingerprint density at radius 3 is 2.63 bits per heavy atom. The van der Waals surface area contributed by atoms with Gasteiger partial charge in [0.1, 0.15) is 5.82 Å². The Morgan fingerprint density at radius 1 is 1.42 bits per heavy atom. The smallest absolute Gasteiger partial charge is 0.328 e. The van der Waals surface area contributed by atoms with Gasteiger partial charge in [0, 0.05) is 11.6 Å². The normalized spacial score (nSPS) is 13.1. The van der Waals surface area contributed by atoms with Crippen LogP contribution in [0.2, 0.25) is 0 Å². The highest BCUT2D eigenvalue weighted by Gasteiger charge is 2.09. The standard InChI is InChI=1S/C15H19FO3/c1-10(2)11(3)19-9-13-6-4-12(8-14(13)16)5-7-15(17)18/h4-8,10-11H,9H2,1-3H3,(H,17,18). The number of ether oxygens (including phenoxy) is 1. The minimum absolute atomic E-state index is 0.0611. The van der Waals surface area contributed by atoms with E-state index in [0.29, 0.717) is 17.0 Å². The van der Waals surface area contributed by atoms with E-state index in [1.54, 1.807) is 12.1 Å².